The van der Waals surface area contributed by atoms with Crippen molar-refractivity contribution in [3.63, 3.8) is 0 Å². The summed E-state index contributed by atoms with van der Waals surface area (Å²) in [4.78, 5) is 24.8. The Kier molecular flexibility index (Phi) is 7.41. The summed E-state index contributed by atoms with van der Waals surface area (Å²) in [6, 6.07) is 13.1. The molecule has 0 aliphatic rings. The second-order valence-electron chi connectivity index (χ2n) is 7.16. The molecule has 0 aliphatic heterocycles. The Morgan fingerprint density at radius 2 is 1.66 bits per heavy atom. The Balaban J connectivity index is 2.13. The fourth-order valence-electron chi connectivity index (χ4n) is 3.72. The Morgan fingerprint density at radius 3 is 2.25 bits per heavy atom. The summed E-state index contributed by atoms with van der Waals surface area (Å²) < 4.78 is 23.5. The third-order valence-corrected chi connectivity index (χ3v) is 5.17. The number of ether oxygens (including phenoxy) is 4. The molecule has 1 atom stereocenters. The van der Waals surface area contributed by atoms with Gasteiger partial charge in [-0.2, -0.15) is 0 Å². The highest BCUT2D eigenvalue weighted by molar-refractivity contribution is 6.07. The fourth-order valence-corrected chi connectivity index (χ4v) is 3.72. The molecule has 1 unspecified atom stereocenters. The van der Waals surface area contributed by atoms with Gasteiger partial charge in [-0.1, -0.05) is 6.92 Å². The van der Waals surface area contributed by atoms with Crippen molar-refractivity contribution in [3.8, 4) is 17.2 Å². The van der Waals surface area contributed by atoms with Crippen LogP contribution in [0.15, 0.2) is 42.5 Å². The summed E-state index contributed by atoms with van der Waals surface area (Å²) in [5, 5.41) is 0.687. The minimum absolute atomic E-state index is 0.268. The van der Waals surface area contributed by atoms with Gasteiger partial charge in [0.2, 0.25) is 0 Å². The Morgan fingerprint density at radius 1 is 0.969 bits per heavy atom. The summed E-state index contributed by atoms with van der Waals surface area (Å²) in [5.41, 5.74) is 2.93. The largest absolute Gasteiger partial charge is 0.494 e. The Hall–Kier alpha value is -3.48. The van der Waals surface area contributed by atoms with Gasteiger partial charge in [-0.25, -0.2) is 9.59 Å². The summed E-state index contributed by atoms with van der Waals surface area (Å²) in [5.74, 6) is 0.405. The van der Waals surface area contributed by atoms with E-state index in [0.29, 0.717) is 29.7 Å². The van der Waals surface area contributed by atoms with Crippen molar-refractivity contribution >= 4 is 22.8 Å². The number of nitrogens with zero attached hydrogens (tertiary/aromatic N) is 1. The van der Waals surface area contributed by atoms with E-state index in [1.807, 2.05) is 55.7 Å². The van der Waals surface area contributed by atoms with E-state index in [1.165, 1.54) is 7.11 Å². The standard InChI is InChI=1S/C25H29NO6/c1-6-22(24(27)29-5)32-19-13-14-21-20(15-19)23(25(28)31-8-3)16(4)26(21)17-9-11-18(12-10-17)30-7-2/h9-15,22H,6-8H2,1-5H3. The molecule has 0 saturated carbocycles. The lowest BCUT2D eigenvalue weighted by Gasteiger charge is -2.15. The average Bonchev–Trinajstić information content (AvgIpc) is 3.09. The number of hydrogen-bond acceptors (Lipinski definition) is 6. The molecule has 170 valence electrons. The quantitative estimate of drug-likeness (QED) is 0.444. The number of hydrogen-bond donors (Lipinski definition) is 0. The summed E-state index contributed by atoms with van der Waals surface area (Å²) in [6.07, 6.45) is -0.264. The first-order chi connectivity index (χ1) is 15.4. The molecule has 0 spiro atoms. The van der Waals surface area contributed by atoms with Crippen molar-refractivity contribution < 1.29 is 28.5 Å². The lowest BCUT2D eigenvalue weighted by atomic mass is 10.1. The zero-order valence-electron chi connectivity index (χ0n) is 19.1. The third-order valence-electron chi connectivity index (χ3n) is 5.17. The minimum atomic E-state index is -0.724. The summed E-state index contributed by atoms with van der Waals surface area (Å²) in [6.45, 7) is 8.29. The summed E-state index contributed by atoms with van der Waals surface area (Å²) in [7, 11) is 1.33. The van der Waals surface area contributed by atoms with E-state index in [4.69, 9.17) is 18.9 Å². The van der Waals surface area contributed by atoms with E-state index < -0.39 is 18.0 Å². The maximum atomic E-state index is 12.8. The average molecular weight is 440 g/mol. The number of aromatic nitrogens is 1. The molecule has 7 nitrogen and oxygen atoms in total. The Bertz CT molecular complexity index is 1100. The molecule has 1 aromatic heterocycles. The number of fused-ring (bicyclic) bond motifs is 1. The molecule has 0 N–H and O–H groups in total. The van der Waals surface area contributed by atoms with Gasteiger partial charge in [-0.15, -0.1) is 0 Å². The lowest BCUT2D eigenvalue weighted by Crippen LogP contribution is -2.27. The molecule has 0 amide bonds. The highest BCUT2D eigenvalue weighted by Crippen LogP contribution is 2.33. The van der Waals surface area contributed by atoms with Gasteiger partial charge in [0.15, 0.2) is 6.10 Å². The van der Waals surface area contributed by atoms with Crippen LogP contribution in [-0.4, -0.2) is 42.9 Å². The van der Waals surface area contributed by atoms with Crippen molar-refractivity contribution in [3.05, 3.63) is 53.7 Å². The van der Waals surface area contributed by atoms with Gasteiger partial charge >= 0.3 is 11.9 Å². The van der Waals surface area contributed by atoms with E-state index >= 15 is 0 Å². The number of methoxy groups -OCH3 is 1. The maximum absolute atomic E-state index is 12.8. The molecule has 3 aromatic rings. The van der Waals surface area contributed by atoms with Crippen molar-refractivity contribution in [1.29, 1.82) is 0 Å². The van der Waals surface area contributed by atoms with E-state index in [1.54, 1.807) is 19.1 Å². The van der Waals surface area contributed by atoms with Gasteiger partial charge in [0.25, 0.3) is 0 Å². The first-order valence-electron chi connectivity index (χ1n) is 10.7. The number of benzene rings is 2. The van der Waals surface area contributed by atoms with Crippen LogP contribution in [0.3, 0.4) is 0 Å². The first kappa shape index (κ1) is 23.2. The predicted octanol–water partition coefficient (Wildman–Crippen LogP) is 4.84. The number of carbonyl (C=O) groups is 2. The third kappa shape index (κ3) is 4.56. The Labute approximate surface area is 187 Å². The molecule has 32 heavy (non-hydrogen) atoms. The van der Waals surface area contributed by atoms with E-state index in [0.717, 1.165) is 22.6 Å². The molecule has 0 saturated heterocycles. The van der Waals surface area contributed by atoms with Crippen LogP contribution in [0.2, 0.25) is 0 Å². The van der Waals surface area contributed by atoms with Crippen LogP contribution >= 0.6 is 0 Å². The number of carbonyl (C=O) groups excluding carboxylic acids is 2. The molecule has 0 radical (unpaired) electrons. The number of rotatable bonds is 9. The van der Waals surface area contributed by atoms with Crippen LogP contribution in [0.4, 0.5) is 0 Å². The van der Waals surface area contributed by atoms with Gasteiger partial charge in [0.1, 0.15) is 11.5 Å². The monoisotopic (exact) mass is 439 g/mol. The zero-order chi connectivity index (χ0) is 23.3. The highest BCUT2D eigenvalue weighted by atomic mass is 16.6. The van der Waals surface area contributed by atoms with Crippen LogP contribution < -0.4 is 9.47 Å². The van der Waals surface area contributed by atoms with Gasteiger partial charge in [-0.05, 0) is 69.7 Å². The molecule has 0 bridgehead atoms. The highest BCUT2D eigenvalue weighted by Gasteiger charge is 2.24. The zero-order valence-corrected chi connectivity index (χ0v) is 19.1. The van der Waals surface area contributed by atoms with Gasteiger partial charge < -0.3 is 23.5 Å². The van der Waals surface area contributed by atoms with Crippen LogP contribution in [0, 0.1) is 6.92 Å². The first-order valence-corrected chi connectivity index (χ1v) is 10.7. The topological polar surface area (TPSA) is 76.0 Å². The molecule has 1 heterocycles. The van der Waals surface area contributed by atoms with Crippen LogP contribution in [0.1, 0.15) is 43.2 Å². The molecule has 2 aromatic carbocycles. The van der Waals surface area contributed by atoms with Crippen molar-refractivity contribution in [2.75, 3.05) is 20.3 Å². The van der Waals surface area contributed by atoms with Gasteiger partial charge in [-0.3, -0.25) is 0 Å². The van der Waals surface area contributed by atoms with Crippen LogP contribution in [0.5, 0.6) is 11.5 Å². The van der Waals surface area contributed by atoms with E-state index in [2.05, 4.69) is 0 Å². The van der Waals surface area contributed by atoms with Gasteiger partial charge in [0, 0.05) is 16.8 Å². The SMILES string of the molecule is CCOC(=O)c1c(C)n(-c2ccc(OCC)cc2)c2ccc(OC(CC)C(=O)OC)cc12. The van der Waals surface area contributed by atoms with Crippen LogP contribution in [0.25, 0.3) is 16.6 Å². The molecule has 7 heteroatoms. The maximum Gasteiger partial charge on any atom is 0.347 e. The molecule has 0 aliphatic carbocycles. The normalized spacial score (nSPS) is 11.8. The summed E-state index contributed by atoms with van der Waals surface area (Å²) >= 11 is 0. The van der Waals surface area contributed by atoms with E-state index in [-0.39, 0.29) is 6.61 Å². The van der Waals surface area contributed by atoms with E-state index in [9.17, 15) is 9.59 Å². The molecular formula is C25H29NO6. The molecular weight excluding hydrogens is 410 g/mol. The second kappa shape index (κ2) is 10.2. The second-order valence-corrected chi connectivity index (χ2v) is 7.16. The van der Waals surface area contributed by atoms with Crippen molar-refractivity contribution in [2.45, 2.75) is 40.2 Å². The molecule has 3 rings (SSSR count). The van der Waals surface area contributed by atoms with Crippen LogP contribution in [-0.2, 0) is 14.3 Å². The predicted molar refractivity (Wildman–Crippen MR) is 122 cm³/mol. The van der Waals surface area contributed by atoms with Gasteiger partial charge in [0.05, 0.1) is 31.4 Å². The fraction of sp³-hybridized carbons (Fsp3) is 0.360. The smallest absolute Gasteiger partial charge is 0.347 e. The molecule has 0 fully saturated rings. The van der Waals surface area contributed by atoms with Crippen molar-refractivity contribution in [2.24, 2.45) is 0 Å². The number of esters is 2. The lowest BCUT2D eigenvalue weighted by molar-refractivity contribution is -0.148. The van der Waals surface area contributed by atoms with Crippen molar-refractivity contribution in [1.82, 2.24) is 4.57 Å². The minimum Gasteiger partial charge on any atom is -0.494 e.